The lowest BCUT2D eigenvalue weighted by molar-refractivity contribution is -0.133. The van der Waals surface area contributed by atoms with E-state index in [9.17, 15) is 9.59 Å². The summed E-state index contributed by atoms with van der Waals surface area (Å²) in [6.45, 7) is 4.07. The topological polar surface area (TPSA) is 75.4 Å². The Morgan fingerprint density at radius 3 is 2.65 bits per heavy atom. The molecule has 0 bridgehead atoms. The van der Waals surface area contributed by atoms with Crippen molar-refractivity contribution < 1.29 is 9.59 Å². The van der Waals surface area contributed by atoms with Gasteiger partial charge in [-0.25, -0.2) is 0 Å². The highest BCUT2D eigenvalue weighted by Gasteiger charge is 2.15. The Balaban J connectivity index is 3.89. The number of amides is 2. The number of nitrogens with one attached hydrogen (secondary N) is 1. The van der Waals surface area contributed by atoms with Gasteiger partial charge in [0.25, 0.3) is 0 Å². The van der Waals surface area contributed by atoms with Crippen LogP contribution in [-0.4, -0.2) is 54.4 Å². The Labute approximate surface area is 107 Å². The van der Waals surface area contributed by atoms with Crippen molar-refractivity contribution in [2.24, 2.45) is 5.73 Å². The minimum Gasteiger partial charge on any atom is -0.346 e. The van der Waals surface area contributed by atoms with Gasteiger partial charge in [-0.05, 0) is 24.9 Å². The van der Waals surface area contributed by atoms with E-state index in [-0.39, 0.29) is 30.9 Å². The van der Waals surface area contributed by atoms with Gasteiger partial charge in [-0.2, -0.15) is 11.8 Å². The molecule has 0 spiro atoms. The van der Waals surface area contributed by atoms with Crippen molar-refractivity contribution in [3.8, 4) is 0 Å². The fourth-order valence-electron chi connectivity index (χ4n) is 1.21. The molecule has 0 aliphatic heterocycles. The molecule has 17 heavy (non-hydrogen) atoms. The monoisotopic (exact) mass is 261 g/mol. The zero-order chi connectivity index (χ0) is 13.3. The number of thioether (sulfide) groups is 1. The first-order chi connectivity index (χ1) is 8.02. The van der Waals surface area contributed by atoms with Crippen molar-refractivity contribution in [3.05, 3.63) is 0 Å². The van der Waals surface area contributed by atoms with Gasteiger partial charge in [0.2, 0.25) is 11.8 Å². The van der Waals surface area contributed by atoms with E-state index in [4.69, 9.17) is 5.73 Å². The molecule has 0 saturated heterocycles. The molecule has 2 amide bonds. The van der Waals surface area contributed by atoms with E-state index in [0.29, 0.717) is 0 Å². The maximum atomic E-state index is 11.7. The Morgan fingerprint density at radius 1 is 1.47 bits per heavy atom. The number of carbonyl (C=O) groups excluding carboxylic acids is 2. The molecule has 0 aromatic heterocycles. The number of carbonyl (C=O) groups is 2. The molecule has 0 heterocycles. The average Bonchev–Trinajstić information content (AvgIpc) is 2.34. The predicted molar refractivity (Wildman–Crippen MR) is 71.9 cm³/mol. The molecule has 0 saturated carbocycles. The molecule has 5 nitrogen and oxygen atoms in total. The molecule has 1 unspecified atom stereocenters. The summed E-state index contributed by atoms with van der Waals surface area (Å²) in [7, 11) is 1.76. The van der Waals surface area contributed by atoms with Crippen LogP contribution >= 0.6 is 11.8 Å². The van der Waals surface area contributed by atoms with Gasteiger partial charge < -0.3 is 16.0 Å². The highest BCUT2D eigenvalue weighted by molar-refractivity contribution is 7.99. The maximum Gasteiger partial charge on any atom is 0.241 e. The third-order valence-electron chi connectivity index (χ3n) is 2.56. The summed E-state index contributed by atoms with van der Waals surface area (Å²) >= 11 is 1.86. The summed E-state index contributed by atoms with van der Waals surface area (Å²) in [6.07, 6.45) is 0.964. The molecule has 3 N–H and O–H groups in total. The lowest BCUT2D eigenvalue weighted by Gasteiger charge is -2.25. The second-order valence-electron chi connectivity index (χ2n) is 3.82. The number of nitrogens with two attached hydrogens (primary N) is 1. The first kappa shape index (κ1) is 16.2. The molecular weight excluding hydrogens is 238 g/mol. The Bertz CT molecular complexity index is 249. The number of rotatable bonds is 8. The van der Waals surface area contributed by atoms with Crippen molar-refractivity contribution in [2.45, 2.75) is 26.3 Å². The molecule has 0 aromatic carbocycles. The van der Waals surface area contributed by atoms with Crippen LogP contribution in [0.4, 0.5) is 0 Å². The standard InChI is InChI=1S/C11H23N3O2S/c1-4-17-6-5-9(2)14(3)11(16)8-13-10(15)7-12/h9H,4-8,12H2,1-3H3,(H,13,15). The van der Waals surface area contributed by atoms with Crippen LogP contribution in [0.15, 0.2) is 0 Å². The molecule has 0 aliphatic rings. The second-order valence-corrected chi connectivity index (χ2v) is 5.21. The van der Waals surface area contributed by atoms with Gasteiger partial charge in [-0.3, -0.25) is 9.59 Å². The number of nitrogens with zero attached hydrogens (tertiary/aromatic N) is 1. The normalized spacial score (nSPS) is 12.0. The van der Waals surface area contributed by atoms with Crippen molar-refractivity contribution in [3.63, 3.8) is 0 Å². The van der Waals surface area contributed by atoms with Crippen molar-refractivity contribution in [2.75, 3.05) is 31.6 Å². The zero-order valence-corrected chi connectivity index (χ0v) is 11.7. The van der Waals surface area contributed by atoms with Crippen LogP contribution in [0.2, 0.25) is 0 Å². The van der Waals surface area contributed by atoms with Crippen LogP contribution in [0.3, 0.4) is 0 Å². The smallest absolute Gasteiger partial charge is 0.241 e. The van der Waals surface area contributed by atoms with Crippen LogP contribution in [0.1, 0.15) is 20.3 Å². The summed E-state index contributed by atoms with van der Waals surface area (Å²) in [6, 6.07) is 0.191. The molecule has 0 radical (unpaired) electrons. The molecule has 0 aromatic rings. The molecular formula is C11H23N3O2S. The number of hydrogen-bond donors (Lipinski definition) is 2. The van der Waals surface area contributed by atoms with Crippen LogP contribution < -0.4 is 11.1 Å². The van der Waals surface area contributed by atoms with E-state index < -0.39 is 0 Å². The number of likely N-dealkylation sites (N-methyl/N-ethyl adjacent to an activating group) is 1. The van der Waals surface area contributed by atoms with Gasteiger partial charge in [0.15, 0.2) is 0 Å². The molecule has 1 atom stereocenters. The highest BCUT2D eigenvalue weighted by Crippen LogP contribution is 2.08. The van der Waals surface area contributed by atoms with Crippen molar-refractivity contribution in [1.82, 2.24) is 10.2 Å². The van der Waals surface area contributed by atoms with Gasteiger partial charge in [0.1, 0.15) is 0 Å². The SMILES string of the molecule is CCSCCC(C)N(C)C(=O)CNC(=O)CN. The van der Waals surface area contributed by atoms with E-state index in [0.717, 1.165) is 17.9 Å². The van der Waals surface area contributed by atoms with Gasteiger partial charge in [-0.1, -0.05) is 6.92 Å². The molecule has 0 aliphatic carbocycles. The minimum absolute atomic E-state index is 0.0256. The largest absolute Gasteiger partial charge is 0.346 e. The van der Waals surface area contributed by atoms with E-state index >= 15 is 0 Å². The first-order valence-corrected chi connectivity index (χ1v) is 6.98. The van der Waals surface area contributed by atoms with Crippen molar-refractivity contribution >= 4 is 23.6 Å². The highest BCUT2D eigenvalue weighted by atomic mass is 32.2. The Kier molecular flexibility index (Phi) is 8.89. The van der Waals surface area contributed by atoms with Gasteiger partial charge in [0, 0.05) is 13.1 Å². The third kappa shape index (κ3) is 7.23. The zero-order valence-electron chi connectivity index (χ0n) is 10.9. The van der Waals surface area contributed by atoms with Crippen molar-refractivity contribution in [1.29, 1.82) is 0 Å². The quantitative estimate of drug-likeness (QED) is 0.606. The first-order valence-electron chi connectivity index (χ1n) is 5.83. The lowest BCUT2D eigenvalue weighted by atomic mass is 10.2. The predicted octanol–water partition coefficient (Wildman–Crippen LogP) is 0.0514. The second kappa shape index (κ2) is 9.30. The van der Waals surface area contributed by atoms with Gasteiger partial charge >= 0.3 is 0 Å². The molecule has 100 valence electrons. The van der Waals surface area contributed by atoms with E-state index in [1.54, 1.807) is 11.9 Å². The summed E-state index contributed by atoms with van der Waals surface area (Å²) in [5, 5.41) is 2.47. The van der Waals surface area contributed by atoms with Gasteiger partial charge in [-0.15, -0.1) is 0 Å². The molecule has 0 rings (SSSR count). The summed E-state index contributed by atoms with van der Waals surface area (Å²) in [4.78, 5) is 24.3. The Morgan fingerprint density at radius 2 is 2.12 bits per heavy atom. The maximum absolute atomic E-state index is 11.7. The molecule has 0 fully saturated rings. The number of hydrogen-bond acceptors (Lipinski definition) is 4. The van der Waals surface area contributed by atoms with Gasteiger partial charge in [0.05, 0.1) is 13.1 Å². The molecule has 6 heteroatoms. The fourth-order valence-corrected chi connectivity index (χ4v) is 2.01. The Hall–Kier alpha value is -0.750. The summed E-state index contributed by atoms with van der Waals surface area (Å²) < 4.78 is 0. The van der Waals surface area contributed by atoms with E-state index in [1.807, 2.05) is 18.7 Å². The fraction of sp³-hybridized carbons (Fsp3) is 0.818. The third-order valence-corrected chi connectivity index (χ3v) is 3.49. The van der Waals surface area contributed by atoms with E-state index in [2.05, 4.69) is 12.2 Å². The van der Waals surface area contributed by atoms with Crippen LogP contribution in [0.25, 0.3) is 0 Å². The van der Waals surface area contributed by atoms with E-state index in [1.165, 1.54) is 0 Å². The average molecular weight is 261 g/mol. The van der Waals surface area contributed by atoms with Crippen LogP contribution in [0, 0.1) is 0 Å². The lowest BCUT2D eigenvalue weighted by Crippen LogP contribution is -2.43. The van der Waals surface area contributed by atoms with Crippen LogP contribution in [0.5, 0.6) is 0 Å². The van der Waals surface area contributed by atoms with Crippen LogP contribution in [-0.2, 0) is 9.59 Å². The summed E-state index contributed by atoms with van der Waals surface area (Å²) in [5.74, 6) is 1.75. The summed E-state index contributed by atoms with van der Waals surface area (Å²) in [5.41, 5.74) is 5.14. The minimum atomic E-state index is -0.305.